The highest BCUT2D eigenvalue weighted by molar-refractivity contribution is 6.09. The van der Waals surface area contributed by atoms with E-state index in [1.165, 1.54) is 16.7 Å². The minimum Gasteiger partial charge on any atom is -0.422 e. The first-order chi connectivity index (χ1) is 14.0. The van der Waals surface area contributed by atoms with Crippen LogP contribution < -0.4 is 5.63 Å². The SMILES string of the molecule is Cc1ccc(-c2cn(-c3cc(C)cc(C)c3)c3c2c(=O)oc2ccccc23)cc1. The standard InChI is InChI=1S/C26H21NO2/c1-16-8-10-19(11-9-16)22-15-27(20-13-17(2)12-18(3)14-20)25-21-6-4-5-7-23(21)29-26(28)24(22)25/h4-15H,1-3H3. The van der Waals surface area contributed by atoms with E-state index < -0.39 is 0 Å². The number of para-hydroxylation sites is 1. The molecule has 142 valence electrons. The molecule has 0 atom stereocenters. The van der Waals surface area contributed by atoms with Crippen molar-refractivity contribution in [3.05, 3.63) is 100 Å². The van der Waals surface area contributed by atoms with Gasteiger partial charge in [-0.2, -0.15) is 0 Å². The van der Waals surface area contributed by atoms with Crippen molar-refractivity contribution in [1.82, 2.24) is 4.57 Å². The van der Waals surface area contributed by atoms with Gasteiger partial charge in [0, 0.05) is 22.8 Å². The van der Waals surface area contributed by atoms with Crippen molar-refractivity contribution in [3.8, 4) is 16.8 Å². The minimum absolute atomic E-state index is 0.308. The Hall–Kier alpha value is -3.59. The van der Waals surface area contributed by atoms with Crippen LogP contribution in [0.1, 0.15) is 16.7 Å². The molecule has 0 bridgehead atoms. The quantitative estimate of drug-likeness (QED) is 0.336. The van der Waals surface area contributed by atoms with Crippen LogP contribution in [0, 0.1) is 20.8 Å². The lowest BCUT2D eigenvalue weighted by Crippen LogP contribution is -2.01. The van der Waals surface area contributed by atoms with Crippen LogP contribution >= 0.6 is 0 Å². The van der Waals surface area contributed by atoms with Crippen molar-refractivity contribution < 1.29 is 4.42 Å². The second kappa shape index (κ2) is 6.49. The molecule has 5 aromatic rings. The fourth-order valence-electron chi connectivity index (χ4n) is 4.12. The second-order valence-corrected chi connectivity index (χ2v) is 7.73. The maximum Gasteiger partial charge on any atom is 0.346 e. The summed E-state index contributed by atoms with van der Waals surface area (Å²) < 4.78 is 7.82. The molecule has 3 aromatic carbocycles. The van der Waals surface area contributed by atoms with Crippen molar-refractivity contribution >= 4 is 21.9 Å². The third kappa shape index (κ3) is 2.87. The molecule has 0 unspecified atom stereocenters. The van der Waals surface area contributed by atoms with E-state index in [-0.39, 0.29) is 5.63 Å². The maximum absolute atomic E-state index is 13.1. The van der Waals surface area contributed by atoms with Crippen LogP contribution in [0.3, 0.4) is 0 Å². The molecule has 5 rings (SSSR count). The summed E-state index contributed by atoms with van der Waals surface area (Å²) in [6.07, 6.45) is 2.06. The highest BCUT2D eigenvalue weighted by Gasteiger charge is 2.19. The second-order valence-electron chi connectivity index (χ2n) is 7.73. The van der Waals surface area contributed by atoms with Gasteiger partial charge >= 0.3 is 5.63 Å². The lowest BCUT2D eigenvalue weighted by molar-refractivity contribution is 0.570. The van der Waals surface area contributed by atoms with Crippen molar-refractivity contribution in [3.63, 3.8) is 0 Å². The Balaban J connectivity index is 1.96. The Kier molecular flexibility index (Phi) is 3.92. The van der Waals surface area contributed by atoms with Crippen LogP contribution in [-0.2, 0) is 0 Å². The minimum atomic E-state index is -0.308. The van der Waals surface area contributed by atoms with Crippen molar-refractivity contribution in [2.24, 2.45) is 0 Å². The Morgan fingerprint density at radius 3 is 2.21 bits per heavy atom. The molecule has 0 spiro atoms. The highest BCUT2D eigenvalue weighted by Crippen LogP contribution is 2.35. The number of nitrogens with zero attached hydrogens (tertiary/aromatic N) is 1. The monoisotopic (exact) mass is 379 g/mol. The van der Waals surface area contributed by atoms with E-state index in [9.17, 15) is 4.79 Å². The summed E-state index contributed by atoms with van der Waals surface area (Å²) >= 11 is 0. The molecule has 29 heavy (non-hydrogen) atoms. The summed E-state index contributed by atoms with van der Waals surface area (Å²) in [6.45, 7) is 6.25. The van der Waals surface area contributed by atoms with Gasteiger partial charge in [0.25, 0.3) is 0 Å². The average molecular weight is 379 g/mol. The molecular weight excluding hydrogens is 358 g/mol. The summed E-state index contributed by atoms with van der Waals surface area (Å²) in [5.74, 6) is 0. The van der Waals surface area contributed by atoms with Crippen LogP contribution in [0.15, 0.2) is 82.1 Å². The highest BCUT2D eigenvalue weighted by atomic mass is 16.4. The van der Waals surface area contributed by atoms with Crippen LogP contribution in [-0.4, -0.2) is 4.57 Å². The summed E-state index contributed by atoms with van der Waals surface area (Å²) in [4.78, 5) is 13.1. The number of benzene rings is 3. The number of hydrogen-bond donors (Lipinski definition) is 0. The van der Waals surface area contributed by atoms with E-state index in [1.807, 2.05) is 24.3 Å². The topological polar surface area (TPSA) is 35.1 Å². The molecule has 2 aromatic heterocycles. The Labute approximate surface area is 168 Å². The predicted octanol–water partition coefficient (Wildman–Crippen LogP) is 6.33. The summed E-state index contributed by atoms with van der Waals surface area (Å²) in [6, 6.07) is 22.4. The Bertz CT molecular complexity index is 1420. The fourth-order valence-corrected chi connectivity index (χ4v) is 4.12. The molecule has 0 aliphatic heterocycles. The smallest absolute Gasteiger partial charge is 0.346 e. The Morgan fingerprint density at radius 2 is 1.48 bits per heavy atom. The van der Waals surface area contributed by atoms with Crippen molar-refractivity contribution in [2.75, 3.05) is 0 Å². The molecule has 0 aliphatic carbocycles. The molecule has 0 saturated carbocycles. The third-order valence-electron chi connectivity index (χ3n) is 5.40. The van der Waals surface area contributed by atoms with E-state index in [0.29, 0.717) is 11.0 Å². The average Bonchev–Trinajstić information content (AvgIpc) is 3.09. The lowest BCUT2D eigenvalue weighted by Gasteiger charge is -2.09. The first-order valence-corrected chi connectivity index (χ1v) is 9.74. The van der Waals surface area contributed by atoms with Crippen LogP contribution in [0.5, 0.6) is 0 Å². The molecule has 0 fully saturated rings. The van der Waals surface area contributed by atoms with E-state index >= 15 is 0 Å². The number of rotatable bonds is 2. The van der Waals surface area contributed by atoms with Gasteiger partial charge in [-0.25, -0.2) is 4.79 Å². The van der Waals surface area contributed by atoms with Crippen molar-refractivity contribution in [2.45, 2.75) is 20.8 Å². The van der Waals surface area contributed by atoms with Crippen LogP contribution in [0.25, 0.3) is 38.7 Å². The van der Waals surface area contributed by atoms with Crippen LogP contribution in [0.4, 0.5) is 0 Å². The van der Waals surface area contributed by atoms with E-state index in [0.717, 1.165) is 27.7 Å². The molecule has 0 saturated heterocycles. The van der Waals surface area contributed by atoms with Gasteiger partial charge in [-0.3, -0.25) is 0 Å². The Morgan fingerprint density at radius 1 is 0.793 bits per heavy atom. The summed E-state index contributed by atoms with van der Waals surface area (Å²) in [5.41, 5.74) is 7.67. The fraction of sp³-hybridized carbons (Fsp3) is 0.115. The largest absolute Gasteiger partial charge is 0.422 e. The van der Waals surface area contributed by atoms with Gasteiger partial charge in [-0.05, 0) is 61.7 Å². The zero-order valence-corrected chi connectivity index (χ0v) is 16.7. The zero-order chi connectivity index (χ0) is 20.1. The van der Waals surface area contributed by atoms with E-state index in [1.54, 1.807) is 0 Å². The van der Waals surface area contributed by atoms with Gasteiger partial charge in [-0.1, -0.05) is 48.0 Å². The lowest BCUT2D eigenvalue weighted by atomic mass is 10.0. The molecule has 2 heterocycles. The van der Waals surface area contributed by atoms with E-state index in [2.05, 4.69) is 74.0 Å². The molecule has 0 aliphatic rings. The zero-order valence-electron chi connectivity index (χ0n) is 16.7. The third-order valence-corrected chi connectivity index (χ3v) is 5.40. The van der Waals surface area contributed by atoms with Gasteiger partial charge in [0.15, 0.2) is 0 Å². The van der Waals surface area contributed by atoms with Gasteiger partial charge in [0.1, 0.15) is 5.58 Å². The summed E-state index contributed by atoms with van der Waals surface area (Å²) in [5, 5.41) is 1.55. The van der Waals surface area contributed by atoms with Gasteiger partial charge in [-0.15, -0.1) is 0 Å². The van der Waals surface area contributed by atoms with E-state index in [4.69, 9.17) is 4.42 Å². The molecule has 0 amide bonds. The summed E-state index contributed by atoms with van der Waals surface area (Å²) in [7, 11) is 0. The predicted molar refractivity (Wildman–Crippen MR) is 119 cm³/mol. The maximum atomic E-state index is 13.1. The van der Waals surface area contributed by atoms with Crippen molar-refractivity contribution in [1.29, 1.82) is 0 Å². The number of aryl methyl sites for hydroxylation is 3. The first kappa shape index (κ1) is 17.5. The molecule has 3 nitrogen and oxygen atoms in total. The van der Waals surface area contributed by atoms with Gasteiger partial charge < -0.3 is 8.98 Å². The molecular formula is C26H21NO2. The number of aromatic nitrogens is 1. The van der Waals surface area contributed by atoms with Crippen LogP contribution in [0.2, 0.25) is 0 Å². The number of fused-ring (bicyclic) bond motifs is 3. The van der Waals surface area contributed by atoms with Gasteiger partial charge in [0.05, 0.1) is 10.9 Å². The molecule has 3 heteroatoms. The molecule has 0 N–H and O–H groups in total. The number of hydrogen-bond acceptors (Lipinski definition) is 2. The van der Waals surface area contributed by atoms with Gasteiger partial charge in [0.2, 0.25) is 0 Å². The first-order valence-electron chi connectivity index (χ1n) is 9.74. The normalized spacial score (nSPS) is 11.4. The molecule has 0 radical (unpaired) electrons.